The Labute approximate surface area is 177 Å². The third-order valence-electron chi connectivity index (χ3n) is 5.35. The Morgan fingerprint density at radius 3 is 2.34 bits per heavy atom. The number of halogens is 1. The average Bonchev–Trinajstić information content (AvgIpc) is 3.05. The monoisotopic (exact) mass is 409 g/mol. The van der Waals surface area contributed by atoms with Gasteiger partial charge in [0, 0.05) is 29.7 Å². The van der Waals surface area contributed by atoms with Crippen LogP contribution in [0.3, 0.4) is 0 Å². The number of ether oxygens (including phenoxy) is 2. The lowest BCUT2D eigenvalue weighted by Gasteiger charge is -2.09. The van der Waals surface area contributed by atoms with E-state index in [0.29, 0.717) is 11.3 Å². The van der Waals surface area contributed by atoms with E-state index in [1.165, 1.54) is 11.1 Å². The number of aromatic nitrogens is 1. The third kappa shape index (κ3) is 4.43. The fourth-order valence-corrected chi connectivity index (χ4v) is 3.90. The highest BCUT2D eigenvalue weighted by atomic mass is 35.5. The van der Waals surface area contributed by atoms with Crippen molar-refractivity contribution in [1.82, 2.24) is 0 Å². The summed E-state index contributed by atoms with van der Waals surface area (Å²) in [4.78, 5) is 13.0. The molecule has 1 atom stereocenters. The zero-order valence-electron chi connectivity index (χ0n) is 16.6. The van der Waals surface area contributed by atoms with Gasteiger partial charge >= 0.3 is 0 Å². The quantitative estimate of drug-likeness (QED) is 0.561. The van der Waals surface area contributed by atoms with Crippen LogP contribution in [-0.2, 0) is 19.4 Å². The van der Waals surface area contributed by atoms with E-state index >= 15 is 0 Å². The molecule has 150 valence electrons. The number of benzene rings is 2. The van der Waals surface area contributed by atoms with Crippen LogP contribution in [0.5, 0.6) is 11.5 Å². The van der Waals surface area contributed by atoms with Crippen LogP contribution in [0, 0.1) is 5.92 Å². The number of hydrogen-bond donors (Lipinski definition) is 0. The van der Waals surface area contributed by atoms with Crippen LogP contribution in [-0.4, -0.2) is 20.0 Å². The molecule has 1 aliphatic rings. The molecular weight excluding hydrogens is 386 g/mol. The molecule has 1 heterocycles. The molecule has 3 aromatic rings. The van der Waals surface area contributed by atoms with Crippen LogP contribution in [0.2, 0.25) is 0 Å². The molecule has 2 aromatic carbocycles. The van der Waals surface area contributed by atoms with Gasteiger partial charge in [0.25, 0.3) is 0 Å². The lowest BCUT2D eigenvalue weighted by molar-refractivity contribution is -0.688. The molecule has 0 fully saturated rings. The van der Waals surface area contributed by atoms with Crippen molar-refractivity contribution in [3.63, 3.8) is 0 Å². The second-order valence-corrected chi connectivity index (χ2v) is 7.20. The highest BCUT2D eigenvalue weighted by Crippen LogP contribution is 2.38. The molecule has 0 spiro atoms. The molecular formula is C24H24ClNO3. The highest BCUT2D eigenvalue weighted by molar-refractivity contribution is 6.05. The van der Waals surface area contributed by atoms with Gasteiger partial charge < -0.3 is 21.9 Å². The molecule has 0 aliphatic heterocycles. The van der Waals surface area contributed by atoms with E-state index in [1.807, 2.05) is 12.1 Å². The maximum atomic E-state index is 13.0. The number of pyridine rings is 1. The number of carbonyl (C=O) groups excluding carboxylic acids is 1. The summed E-state index contributed by atoms with van der Waals surface area (Å²) >= 11 is 0. The molecule has 29 heavy (non-hydrogen) atoms. The second kappa shape index (κ2) is 9.10. The Morgan fingerprint density at radius 1 is 0.966 bits per heavy atom. The molecule has 0 saturated carbocycles. The number of Topliss-reactive ketones (excluding diaryl/α,β-unsaturated/α-hetero) is 1. The number of carbonyl (C=O) groups is 1. The van der Waals surface area contributed by atoms with Crippen molar-refractivity contribution in [2.75, 3.05) is 14.2 Å². The van der Waals surface area contributed by atoms with Crippen molar-refractivity contribution in [2.24, 2.45) is 5.92 Å². The van der Waals surface area contributed by atoms with E-state index in [4.69, 9.17) is 9.47 Å². The summed E-state index contributed by atoms with van der Waals surface area (Å²) in [6, 6.07) is 18.3. The predicted molar refractivity (Wildman–Crippen MR) is 107 cm³/mol. The minimum atomic E-state index is -0.0546. The zero-order chi connectivity index (χ0) is 19.5. The molecule has 4 rings (SSSR count). The molecule has 1 aliphatic carbocycles. The largest absolute Gasteiger partial charge is 1.00 e. The molecule has 1 aromatic heterocycles. The summed E-state index contributed by atoms with van der Waals surface area (Å²) in [5, 5.41) is 0. The van der Waals surface area contributed by atoms with Gasteiger partial charge in [0.05, 0.1) is 19.8 Å². The molecule has 0 bridgehead atoms. The summed E-state index contributed by atoms with van der Waals surface area (Å²) in [5.74, 6) is 1.44. The Hall–Kier alpha value is -2.85. The smallest absolute Gasteiger partial charge is 0.173 e. The van der Waals surface area contributed by atoms with Crippen molar-refractivity contribution < 1.29 is 31.2 Å². The predicted octanol–water partition coefficient (Wildman–Crippen LogP) is 0.641. The van der Waals surface area contributed by atoms with Crippen LogP contribution in [0.4, 0.5) is 0 Å². The first-order chi connectivity index (χ1) is 13.7. The summed E-state index contributed by atoms with van der Waals surface area (Å²) < 4.78 is 12.9. The van der Waals surface area contributed by atoms with Gasteiger partial charge in [-0.25, -0.2) is 4.57 Å². The number of ketones is 1. The lowest BCUT2D eigenvalue weighted by Crippen LogP contribution is -3.00. The van der Waals surface area contributed by atoms with Crippen LogP contribution >= 0.6 is 0 Å². The Kier molecular flexibility index (Phi) is 6.55. The Bertz CT molecular complexity index is 987. The van der Waals surface area contributed by atoms with E-state index in [1.54, 1.807) is 20.3 Å². The van der Waals surface area contributed by atoms with Crippen molar-refractivity contribution >= 4 is 5.78 Å². The van der Waals surface area contributed by atoms with E-state index in [9.17, 15) is 4.79 Å². The average molecular weight is 410 g/mol. The summed E-state index contributed by atoms with van der Waals surface area (Å²) in [6.45, 7) is 0.839. The summed E-state index contributed by atoms with van der Waals surface area (Å²) in [6.07, 6.45) is 5.61. The van der Waals surface area contributed by atoms with Gasteiger partial charge in [-0.3, -0.25) is 4.79 Å². The molecule has 5 heteroatoms. The first-order valence-electron chi connectivity index (χ1n) is 9.49. The van der Waals surface area contributed by atoms with Crippen molar-refractivity contribution in [2.45, 2.75) is 19.4 Å². The van der Waals surface area contributed by atoms with Gasteiger partial charge in [0.2, 0.25) is 0 Å². The Balaban J connectivity index is 0.00000240. The molecule has 0 N–H and O–H groups in total. The second-order valence-electron chi connectivity index (χ2n) is 7.20. The van der Waals surface area contributed by atoms with Gasteiger partial charge in [-0.15, -0.1) is 0 Å². The molecule has 0 amide bonds. The molecule has 1 unspecified atom stereocenters. The van der Waals surface area contributed by atoms with Gasteiger partial charge in [0.15, 0.2) is 24.7 Å². The standard InChI is InChI=1S/C24H24NO3.ClH/c1-27-21-14-19-13-20(24(26)23(19)22(15-21)28-2)12-17-8-10-25(11-9-17)16-18-6-4-3-5-7-18;/h3-11,14-15,20H,12-13,16H2,1-2H3;1H/q+1;/p-1. The maximum absolute atomic E-state index is 13.0. The number of fused-ring (bicyclic) bond motifs is 1. The molecule has 0 saturated heterocycles. The van der Waals surface area contributed by atoms with E-state index < -0.39 is 0 Å². The minimum Gasteiger partial charge on any atom is -1.00 e. The van der Waals surface area contributed by atoms with E-state index in [0.717, 1.165) is 30.7 Å². The normalized spacial score (nSPS) is 14.8. The van der Waals surface area contributed by atoms with Gasteiger partial charge in [-0.2, -0.15) is 0 Å². The fraction of sp³-hybridized carbons (Fsp3) is 0.250. The maximum Gasteiger partial charge on any atom is 0.173 e. The number of nitrogens with zero attached hydrogens (tertiary/aromatic N) is 1. The van der Waals surface area contributed by atoms with Crippen LogP contribution < -0.4 is 26.4 Å². The van der Waals surface area contributed by atoms with Crippen molar-refractivity contribution in [1.29, 1.82) is 0 Å². The van der Waals surface area contributed by atoms with Crippen LogP contribution in [0.1, 0.15) is 27.0 Å². The first-order valence-corrected chi connectivity index (χ1v) is 9.49. The molecule has 4 nitrogen and oxygen atoms in total. The lowest BCUT2D eigenvalue weighted by atomic mass is 9.96. The highest BCUT2D eigenvalue weighted by Gasteiger charge is 2.34. The Morgan fingerprint density at radius 2 is 1.69 bits per heavy atom. The minimum absolute atomic E-state index is 0. The number of methoxy groups -OCH3 is 2. The summed E-state index contributed by atoms with van der Waals surface area (Å²) in [5.41, 5.74) is 4.16. The SMILES string of the molecule is COc1cc2c(c(OC)c1)C(=O)C(Cc1cc[n+](Cc3ccccc3)cc1)C2.[Cl-]. The van der Waals surface area contributed by atoms with Crippen molar-refractivity contribution in [3.05, 3.63) is 89.2 Å². The van der Waals surface area contributed by atoms with Crippen LogP contribution in [0.25, 0.3) is 0 Å². The summed E-state index contributed by atoms with van der Waals surface area (Å²) in [7, 11) is 3.22. The number of rotatable bonds is 6. The van der Waals surface area contributed by atoms with E-state index in [2.05, 4.69) is 53.4 Å². The van der Waals surface area contributed by atoms with Gasteiger partial charge in [0.1, 0.15) is 11.5 Å². The zero-order valence-corrected chi connectivity index (χ0v) is 17.4. The van der Waals surface area contributed by atoms with E-state index in [-0.39, 0.29) is 24.1 Å². The third-order valence-corrected chi connectivity index (χ3v) is 5.35. The van der Waals surface area contributed by atoms with Gasteiger partial charge in [-0.05, 0) is 30.0 Å². The fourth-order valence-electron chi connectivity index (χ4n) is 3.90. The first kappa shape index (κ1) is 20.9. The van der Waals surface area contributed by atoms with Crippen molar-refractivity contribution in [3.8, 4) is 11.5 Å². The number of hydrogen-bond acceptors (Lipinski definition) is 3. The van der Waals surface area contributed by atoms with Gasteiger partial charge in [-0.1, -0.05) is 30.3 Å². The van der Waals surface area contributed by atoms with Crippen LogP contribution in [0.15, 0.2) is 67.0 Å². The topological polar surface area (TPSA) is 39.4 Å². The molecule has 0 radical (unpaired) electrons.